The van der Waals surface area contributed by atoms with Gasteiger partial charge in [-0.25, -0.2) is 9.97 Å². The highest BCUT2D eigenvalue weighted by Gasteiger charge is 2.16. The van der Waals surface area contributed by atoms with E-state index in [4.69, 9.17) is 9.47 Å². The fraction of sp³-hybridized carbons (Fsp3) is 0.250. The lowest BCUT2D eigenvalue weighted by Gasteiger charge is -2.18. The molecule has 0 aliphatic carbocycles. The average molecular weight is 613 g/mol. The van der Waals surface area contributed by atoms with Crippen molar-refractivity contribution in [1.82, 2.24) is 19.9 Å². The Morgan fingerprint density at radius 1 is 0.500 bits per heavy atom. The molecular formula is C40H44N4O2. The Kier molecular flexibility index (Phi) is 11.4. The van der Waals surface area contributed by atoms with Crippen LogP contribution < -0.4 is 9.47 Å². The second-order valence-corrected chi connectivity index (χ2v) is 11.7. The maximum atomic E-state index is 5.27. The molecule has 0 atom stereocenters. The van der Waals surface area contributed by atoms with Crippen molar-refractivity contribution < 1.29 is 9.47 Å². The summed E-state index contributed by atoms with van der Waals surface area (Å²) in [6, 6.07) is 34.5. The standard InChI is InChI=1S/C20H22N2O2.C20H22N2/c1-23-18-8-3-15(4-9-18)20(12-7-17-13-21-14-22-17)16-5-10-19(24-2)11-6-16;1-15-3-7-17(8-4-15)20(12-11-19-13-21-14-22-19)18-9-5-16(2)6-10-18/h3-6,8-11,13-14,20H,7,12H2,1-2H3,(H,21,22);3-10,13-14,20H,11-12H2,1-2H3,(H,21,22). The van der Waals surface area contributed by atoms with Crippen LogP contribution in [0.1, 0.15) is 69.4 Å². The molecule has 6 nitrogen and oxygen atoms in total. The van der Waals surface area contributed by atoms with Crippen molar-refractivity contribution in [3.8, 4) is 11.5 Å². The number of imidazole rings is 2. The number of hydrogen-bond donors (Lipinski definition) is 2. The summed E-state index contributed by atoms with van der Waals surface area (Å²) in [6.07, 6.45) is 11.3. The fourth-order valence-electron chi connectivity index (χ4n) is 5.76. The molecule has 0 amide bonds. The SMILES string of the molecule is COc1ccc(C(CCc2cnc[nH]2)c2ccc(OC)cc2)cc1.Cc1ccc(C(CCc2cnc[nH]2)c2ccc(C)cc2)cc1. The van der Waals surface area contributed by atoms with Gasteiger partial charge in [0.2, 0.25) is 0 Å². The largest absolute Gasteiger partial charge is 0.497 e. The van der Waals surface area contributed by atoms with Crippen LogP contribution in [0.15, 0.2) is 122 Å². The first-order valence-corrected chi connectivity index (χ1v) is 15.9. The van der Waals surface area contributed by atoms with Crippen molar-refractivity contribution in [3.05, 3.63) is 167 Å². The third-order valence-corrected chi connectivity index (χ3v) is 8.51. The summed E-state index contributed by atoms with van der Waals surface area (Å²) >= 11 is 0. The summed E-state index contributed by atoms with van der Waals surface area (Å²) in [5.74, 6) is 2.48. The summed E-state index contributed by atoms with van der Waals surface area (Å²) in [7, 11) is 3.38. The van der Waals surface area contributed by atoms with Gasteiger partial charge in [-0.05, 0) is 86.1 Å². The highest BCUT2D eigenvalue weighted by atomic mass is 16.5. The van der Waals surface area contributed by atoms with Gasteiger partial charge < -0.3 is 19.4 Å². The molecule has 2 aromatic heterocycles. The zero-order chi connectivity index (χ0) is 32.1. The number of rotatable bonds is 12. The Balaban J connectivity index is 0.000000182. The summed E-state index contributed by atoms with van der Waals surface area (Å²) < 4.78 is 10.5. The predicted octanol–water partition coefficient (Wildman–Crippen LogP) is 8.98. The maximum absolute atomic E-state index is 5.27. The Hall–Kier alpha value is -5.10. The molecule has 0 unspecified atom stereocenters. The average Bonchev–Trinajstić information content (AvgIpc) is 3.83. The molecule has 0 radical (unpaired) electrons. The van der Waals surface area contributed by atoms with Gasteiger partial charge in [0.05, 0.1) is 26.9 Å². The minimum absolute atomic E-state index is 0.310. The van der Waals surface area contributed by atoms with Crippen LogP contribution >= 0.6 is 0 Å². The van der Waals surface area contributed by atoms with Crippen LogP contribution in [0.5, 0.6) is 11.5 Å². The molecule has 0 aliphatic heterocycles. The number of methoxy groups -OCH3 is 2. The van der Waals surface area contributed by atoms with Crippen LogP contribution in [0.25, 0.3) is 0 Å². The van der Waals surface area contributed by atoms with E-state index in [2.05, 4.69) is 107 Å². The highest BCUT2D eigenvalue weighted by molar-refractivity contribution is 5.39. The second-order valence-electron chi connectivity index (χ2n) is 11.7. The molecule has 0 saturated carbocycles. The number of hydrogen-bond acceptors (Lipinski definition) is 4. The van der Waals surface area contributed by atoms with E-state index in [9.17, 15) is 0 Å². The molecule has 0 fully saturated rings. The van der Waals surface area contributed by atoms with Gasteiger partial charge in [0.25, 0.3) is 0 Å². The fourth-order valence-corrected chi connectivity index (χ4v) is 5.76. The van der Waals surface area contributed by atoms with Gasteiger partial charge in [-0.3, -0.25) is 0 Å². The van der Waals surface area contributed by atoms with Crippen LogP contribution in [0.3, 0.4) is 0 Å². The van der Waals surface area contributed by atoms with Crippen molar-refractivity contribution in [1.29, 1.82) is 0 Å². The Labute approximate surface area is 272 Å². The number of benzene rings is 4. The zero-order valence-corrected chi connectivity index (χ0v) is 27.2. The number of aromatic amines is 2. The van der Waals surface area contributed by atoms with Crippen molar-refractivity contribution in [2.24, 2.45) is 0 Å². The van der Waals surface area contributed by atoms with E-state index in [1.807, 2.05) is 36.7 Å². The quantitative estimate of drug-likeness (QED) is 0.145. The molecule has 46 heavy (non-hydrogen) atoms. The monoisotopic (exact) mass is 612 g/mol. The molecule has 0 saturated heterocycles. The van der Waals surface area contributed by atoms with Crippen molar-refractivity contribution in [2.75, 3.05) is 14.2 Å². The number of ether oxygens (including phenoxy) is 2. The Morgan fingerprint density at radius 2 is 0.826 bits per heavy atom. The van der Waals surface area contributed by atoms with Crippen molar-refractivity contribution in [2.45, 2.75) is 51.4 Å². The molecule has 6 aromatic rings. The van der Waals surface area contributed by atoms with Crippen molar-refractivity contribution >= 4 is 0 Å². The molecule has 2 N–H and O–H groups in total. The van der Waals surface area contributed by atoms with E-state index in [0.717, 1.165) is 42.9 Å². The molecule has 0 spiro atoms. The molecule has 6 rings (SSSR count). The van der Waals surface area contributed by atoms with Gasteiger partial charge in [-0.1, -0.05) is 83.9 Å². The van der Waals surface area contributed by atoms with Crippen LogP contribution in [0.2, 0.25) is 0 Å². The number of H-pyrrole nitrogens is 2. The molecule has 0 bridgehead atoms. The van der Waals surface area contributed by atoms with E-state index >= 15 is 0 Å². The highest BCUT2D eigenvalue weighted by Crippen LogP contribution is 2.32. The third kappa shape index (κ3) is 8.98. The van der Waals surface area contributed by atoms with Crippen LogP contribution in [-0.4, -0.2) is 34.2 Å². The van der Waals surface area contributed by atoms with E-state index in [0.29, 0.717) is 11.8 Å². The smallest absolute Gasteiger partial charge is 0.118 e. The summed E-state index contributed by atoms with van der Waals surface area (Å²) in [5.41, 5.74) is 10.3. The first kappa shape index (κ1) is 32.3. The summed E-state index contributed by atoms with van der Waals surface area (Å²) in [4.78, 5) is 14.6. The topological polar surface area (TPSA) is 75.8 Å². The lowest BCUT2D eigenvalue weighted by Crippen LogP contribution is -2.04. The minimum Gasteiger partial charge on any atom is -0.497 e. The lowest BCUT2D eigenvalue weighted by atomic mass is 9.86. The predicted molar refractivity (Wildman–Crippen MR) is 186 cm³/mol. The molecule has 236 valence electrons. The van der Waals surface area contributed by atoms with E-state index in [1.165, 1.54) is 39.1 Å². The number of aromatic nitrogens is 4. The van der Waals surface area contributed by atoms with E-state index < -0.39 is 0 Å². The van der Waals surface area contributed by atoms with E-state index in [1.54, 1.807) is 26.9 Å². The number of nitrogens with zero attached hydrogens (tertiary/aromatic N) is 2. The number of aryl methyl sites for hydroxylation is 4. The molecule has 2 heterocycles. The normalized spacial score (nSPS) is 10.9. The third-order valence-electron chi connectivity index (χ3n) is 8.51. The van der Waals surface area contributed by atoms with Crippen molar-refractivity contribution in [3.63, 3.8) is 0 Å². The molecule has 4 aromatic carbocycles. The van der Waals surface area contributed by atoms with Gasteiger partial charge in [0.1, 0.15) is 11.5 Å². The lowest BCUT2D eigenvalue weighted by molar-refractivity contribution is 0.414. The molecule has 0 aliphatic rings. The first-order chi connectivity index (χ1) is 22.5. The van der Waals surface area contributed by atoms with Crippen LogP contribution in [0, 0.1) is 13.8 Å². The maximum Gasteiger partial charge on any atom is 0.118 e. The van der Waals surface area contributed by atoms with Gasteiger partial charge in [-0.2, -0.15) is 0 Å². The van der Waals surface area contributed by atoms with Gasteiger partial charge >= 0.3 is 0 Å². The molecular weight excluding hydrogens is 568 g/mol. The van der Waals surface area contributed by atoms with Gasteiger partial charge in [0, 0.05) is 35.6 Å². The first-order valence-electron chi connectivity index (χ1n) is 15.9. The summed E-state index contributed by atoms with van der Waals surface area (Å²) in [6.45, 7) is 4.27. The van der Waals surface area contributed by atoms with E-state index in [-0.39, 0.29) is 0 Å². The van der Waals surface area contributed by atoms with Crippen LogP contribution in [-0.2, 0) is 12.8 Å². The number of nitrogens with one attached hydrogen (secondary N) is 2. The summed E-state index contributed by atoms with van der Waals surface area (Å²) in [5, 5.41) is 0. The Bertz CT molecular complexity index is 1600. The minimum atomic E-state index is 0.310. The van der Waals surface area contributed by atoms with Gasteiger partial charge in [0.15, 0.2) is 0 Å². The molecule has 6 heteroatoms. The second kappa shape index (κ2) is 16.3. The van der Waals surface area contributed by atoms with Crippen LogP contribution in [0.4, 0.5) is 0 Å². The Morgan fingerprint density at radius 3 is 1.11 bits per heavy atom. The van der Waals surface area contributed by atoms with Gasteiger partial charge in [-0.15, -0.1) is 0 Å². The zero-order valence-electron chi connectivity index (χ0n) is 27.2.